The van der Waals surface area contributed by atoms with Crippen molar-refractivity contribution in [3.63, 3.8) is 0 Å². The molecule has 0 N–H and O–H groups in total. The molecule has 1 saturated heterocycles. The molecule has 5 nitrogen and oxygen atoms in total. The average molecular weight is 338 g/mol. The Morgan fingerprint density at radius 1 is 1.17 bits per heavy atom. The van der Waals surface area contributed by atoms with Crippen LogP contribution in [-0.4, -0.2) is 61.4 Å². The SMILES string of the molecule is COCC(c1ccc(F)cc1)N1CCN(C(=O)OC(C)(C)C)CC1. The molecule has 0 aliphatic carbocycles. The van der Waals surface area contributed by atoms with E-state index in [1.807, 2.05) is 20.8 Å². The predicted octanol–water partition coefficient (Wildman–Crippen LogP) is 3.07. The molecule has 0 spiro atoms. The monoisotopic (exact) mass is 338 g/mol. The van der Waals surface area contributed by atoms with E-state index in [1.165, 1.54) is 12.1 Å². The third-order valence-corrected chi connectivity index (χ3v) is 3.99. The lowest BCUT2D eigenvalue weighted by Gasteiger charge is -2.39. The van der Waals surface area contributed by atoms with Gasteiger partial charge in [-0.15, -0.1) is 0 Å². The van der Waals surface area contributed by atoms with Gasteiger partial charge in [0.15, 0.2) is 0 Å². The number of hydrogen-bond acceptors (Lipinski definition) is 4. The van der Waals surface area contributed by atoms with E-state index in [-0.39, 0.29) is 18.0 Å². The number of piperazine rings is 1. The van der Waals surface area contributed by atoms with Crippen LogP contribution in [0.4, 0.5) is 9.18 Å². The Hall–Kier alpha value is -1.66. The zero-order chi connectivity index (χ0) is 17.7. The first kappa shape index (κ1) is 18.7. The summed E-state index contributed by atoms with van der Waals surface area (Å²) in [6, 6.07) is 6.57. The first-order chi connectivity index (χ1) is 11.3. The van der Waals surface area contributed by atoms with Gasteiger partial charge in [0.05, 0.1) is 12.6 Å². The molecule has 1 aliphatic rings. The van der Waals surface area contributed by atoms with E-state index in [2.05, 4.69) is 4.90 Å². The maximum Gasteiger partial charge on any atom is 0.410 e. The number of hydrogen-bond donors (Lipinski definition) is 0. The molecule has 1 aromatic carbocycles. The van der Waals surface area contributed by atoms with Crippen molar-refractivity contribution in [1.29, 1.82) is 0 Å². The molecule has 0 aromatic heterocycles. The Labute approximate surface area is 143 Å². The van der Waals surface area contributed by atoms with Crippen LogP contribution in [0.3, 0.4) is 0 Å². The third kappa shape index (κ3) is 5.18. The van der Waals surface area contributed by atoms with Crippen LogP contribution in [0.1, 0.15) is 32.4 Å². The minimum Gasteiger partial charge on any atom is -0.444 e. The summed E-state index contributed by atoms with van der Waals surface area (Å²) in [7, 11) is 1.66. The van der Waals surface area contributed by atoms with Gasteiger partial charge in [0.2, 0.25) is 0 Å². The minimum atomic E-state index is -0.485. The van der Waals surface area contributed by atoms with Crippen molar-refractivity contribution < 1.29 is 18.7 Å². The minimum absolute atomic E-state index is 0.0522. The molecule has 0 bridgehead atoms. The Morgan fingerprint density at radius 3 is 2.25 bits per heavy atom. The molecule has 6 heteroatoms. The summed E-state index contributed by atoms with van der Waals surface area (Å²) in [6.07, 6.45) is -0.271. The number of halogens is 1. The van der Waals surface area contributed by atoms with E-state index >= 15 is 0 Å². The quantitative estimate of drug-likeness (QED) is 0.846. The van der Waals surface area contributed by atoms with Crippen molar-refractivity contribution in [2.24, 2.45) is 0 Å². The number of amides is 1. The van der Waals surface area contributed by atoms with Gasteiger partial charge in [0, 0.05) is 33.3 Å². The molecule has 1 amide bonds. The second-order valence-corrected chi connectivity index (χ2v) is 7.03. The zero-order valence-electron chi connectivity index (χ0n) is 14.9. The smallest absolute Gasteiger partial charge is 0.410 e. The van der Waals surface area contributed by atoms with Crippen LogP contribution in [-0.2, 0) is 9.47 Å². The zero-order valence-corrected chi connectivity index (χ0v) is 14.9. The summed E-state index contributed by atoms with van der Waals surface area (Å²) in [5, 5.41) is 0. The van der Waals surface area contributed by atoms with Crippen molar-refractivity contribution >= 4 is 6.09 Å². The predicted molar refractivity (Wildman–Crippen MR) is 90.4 cm³/mol. The number of carbonyl (C=O) groups excluding carboxylic acids is 1. The van der Waals surface area contributed by atoms with E-state index in [4.69, 9.17) is 9.47 Å². The van der Waals surface area contributed by atoms with E-state index < -0.39 is 5.60 Å². The van der Waals surface area contributed by atoms with Crippen molar-refractivity contribution in [2.45, 2.75) is 32.4 Å². The lowest BCUT2D eigenvalue weighted by atomic mass is 10.0. The number of methoxy groups -OCH3 is 1. The molecule has 1 aliphatic heterocycles. The highest BCUT2D eigenvalue weighted by molar-refractivity contribution is 5.68. The number of rotatable bonds is 4. The summed E-state index contributed by atoms with van der Waals surface area (Å²) in [6.45, 7) is 8.79. The molecule has 0 saturated carbocycles. The molecular weight excluding hydrogens is 311 g/mol. The molecule has 1 heterocycles. The molecule has 1 unspecified atom stereocenters. The molecule has 134 valence electrons. The van der Waals surface area contributed by atoms with Crippen molar-refractivity contribution in [1.82, 2.24) is 9.80 Å². The Morgan fingerprint density at radius 2 is 1.75 bits per heavy atom. The summed E-state index contributed by atoms with van der Waals surface area (Å²) in [5.41, 5.74) is 0.532. The van der Waals surface area contributed by atoms with Gasteiger partial charge in [-0.05, 0) is 38.5 Å². The van der Waals surface area contributed by atoms with E-state index in [1.54, 1.807) is 24.1 Å². The molecule has 1 atom stereocenters. The molecule has 1 aromatic rings. The molecular formula is C18H27FN2O3. The van der Waals surface area contributed by atoms with Gasteiger partial charge >= 0.3 is 6.09 Å². The maximum atomic E-state index is 13.2. The van der Waals surface area contributed by atoms with Crippen LogP contribution >= 0.6 is 0 Å². The first-order valence-corrected chi connectivity index (χ1v) is 8.26. The number of benzene rings is 1. The van der Waals surface area contributed by atoms with Gasteiger partial charge in [-0.3, -0.25) is 4.90 Å². The first-order valence-electron chi connectivity index (χ1n) is 8.26. The third-order valence-electron chi connectivity index (χ3n) is 3.99. The second-order valence-electron chi connectivity index (χ2n) is 7.03. The summed E-state index contributed by atoms with van der Waals surface area (Å²) < 4.78 is 23.9. The van der Waals surface area contributed by atoms with Crippen LogP contribution in [0.25, 0.3) is 0 Å². The highest BCUT2D eigenvalue weighted by Crippen LogP contribution is 2.23. The van der Waals surface area contributed by atoms with Crippen molar-refractivity contribution in [3.8, 4) is 0 Å². The van der Waals surface area contributed by atoms with Crippen molar-refractivity contribution in [2.75, 3.05) is 39.9 Å². The molecule has 1 fully saturated rings. The van der Waals surface area contributed by atoms with Gasteiger partial charge in [0.25, 0.3) is 0 Å². The van der Waals surface area contributed by atoms with Crippen LogP contribution in [0, 0.1) is 5.82 Å². The Balaban J connectivity index is 1.98. The van der Waals surface area contributed by atoms with Gasteiger partial charge in [-0.1, -0.05) is 12.1 Å². The average Bonchev–Trinajstić information content (AvgIpc) is 2.52. The van der Waals surface area contributed by atoms with Gasteiger partial charge in [0.1, 0.15) is 11.4 Å². The lowest BCUT2D eigenvalue weighted by Crippen LogP contribution is -2.51. The molecule has 0 radical (unpaired) electrons. The fourth-order valence-corrected chi connectivity index (χ4v) is 2.80. The van der Waals surface area contributed by atoms with Gasteiger partial charge in [-0.2, -0.15) is 0 Å². The number of nitrogens with zero attached hydrogens (tertiary/aromatic N) is 2. The molecule has 24 heavy (non-hydrogen) atoms. The van der Waals surface area contributed by atoms with Crippen LogP contribution in [0.15, 0.2) is 24.3 Å². The summed E-state index contributed by atoms with van der Waals surface area (Å²) in [4.78, 5) is 16.1. The van der Waals surface area contributed by atoms with E-state index in [0.29, 0.717) is 19.7 Å². The van der Waals surface area contributed by atoms with E-state index in [0.717, 1.165) is 18.7 Å². The Kier molecular flexibility index (Phi) is 6.18. The fourth-order valence-electron chi connectivity index (χ4n) is 2.80. The standard InChI is InChI=1S/C18H27FN2O3/c1-18(2,3)24-17(22)21-11-9-20(10-12-21)16(13-23-4)14-5-7-15(19)8-6-14/h5-8,16H,9-13H2,1-4H3. The highest BCUT2D eigenvalue weighted by atomic mass is 19.1. The van der Waals surface area contributed by atoms with Crippen LogP contribution < -0.4 is 0 Å². The van der Waals surface area contributed by atoms with Crippen molar-refractivity contribution in [3.05, 3.63) is 35.6 Å². The topological polar surface area (TPSA) is 42.0 Å². The summed E-state index contributed by atoms with van der Waals surface area (Å²) in [5.74, 6) is -0.246. The highest BCUT2D eigenvalue weighted by Gasteiger charge is 2.29. The fraction of sp³-hybridized carbons (Fsp3) is 0.611. The number of carbonyl (C=O) groups is 1. The summed E-state index contributed by atoms with van der Waals surface area (Å²) >= 11 is 0. The van der Waals surface area contributed by atoms with E-state index in [9.17, 15) is 9.18 Å². The normalized spacial score (nSPS) is 17.6. The maximum absolute atomic E-state index is 13.2. The van der Waals surface area contributed by atoms with Crippen LogP contribution in [0.5, 0.6) is 0 Å². The lowest BCUT2D eigenvalue weighted by molar-refractivity contribution is 0.00412. The Bertz CT molecular complexity index is 534. The second kappa shape index (κ2) is 7.94. The largest absolute Gasteiger partial charge is 0.444 e. The van der Waals surface area contributed by atoms with Gasteiger partial charge < -0.3 is 14.4 Å². The van der Waals surface area contributed by atoms with Crippen LogP contribution in [0.2, 0.25) is 0 Å². The number of ether oxygens (including phenoxy) is 2. The molecule has 2 rings (SSSR count). The van der Waals surface area contributed by atoms with Gasteiger partial charge in [-0.25, -0.2) is 9.18 Å².